The van der Waals surface area contributed by atoms with Crippen molar-refractivity contribution in [3.8, 4) is 0 Å². The Kier molecular flexibility index (Phi) is 4.36. The van der Waals surface area contributed by atoms with E-state index in [0.29, 0.717) is 13.1 Å². The van der Waals surface area contributed by atoms with Crippen molar-refractivity contribution in [2.45, 2.75) is 18.6 Å². The van der Waals surface area contributed by atoms with Crippen molar-refractivity contribution >= 4 is 10.8 Å². The molecule has 0 unspecified atom stereocenters. The Balaban J connectivity index is 2.02. The minimum atomic E-state index is -4.17. The van der Waals surface area contributed by atoms with Gasteiger partial charge in [0.1, 0.15) is 0 Å². The number of hydrogen-bond donors (Lipinski definition) is 1. The average Bonchev–Trinajstić information content (AvgIpc) is 2.52. The number of halogens is 3. The number of nitrogens with zero attached hydrogens (tertiary/aromatic N) is 1. The third-order valence-corrected chi connectivity index (χ3v) is 4.20. The van der Waals surface area contributed by atoms with E-state index >= 15 is 0 Å². The predicted octanol–water partition coefficient (Wildman–Crippen LogP) is 3.74. The monoisotopic (exact) mass is 308 g/mol. The summed E-state index contributed by atoms with van der Waals surface area (Å²) in [5.41, 5.74) is 0.775. The summed E-state index contributed by atoms with van der Waals surface area (Å²) in [6.07, 6.45) is -4.98. The molecule has 0 spiro atoms. The lowest BCUT2D eigenvalue weighted by Crippen LogP contribution is -2.46. The third kappa shape index (κ3) is 3.42. The second-order valence-corrected chi connectivity index (χ2v) is 5.69. The van der Waals surface area contributed by atoms with Crippen LogP contribution < -0.4 is 5.32 Å². The van der Waals surface area contributed by atoms with Crippen LogP contribution in [0.5, 0.6) is 0 Å². The Morgan fingerprint density at radius 3 is 2.41 bits per heavy atom. The zero-order chi connectivity index (χ0) is 15.6. The number of nitrogens with one attached hydrogen (secondary N) is 1. The number of fused-ring (bicyclic) bond motifs is 1. The molecular formula is C17H19F3N2. The number of rotatable bonds is 3. The first-order chi connectivity index (χ1) is 10.5. The molecule has 0 aromatic heterocycles. The summed E-state index contributed by atoms with van der Waals surface area (Å²) in [5.74, 6) is 0. The molecule has 2 nitrogen and oxygen atoms in total. The molecule has 1 saturated heterocycles. The highest BCUT2D eigenvalue weighted by Gasteiger charge is 2.36. The van der Waals surface area contributed by atoms with Crippen molar-refractivity contribution in [1.82, 2.24) is 10.2 Å². The summed E-state index contributed by atoms with van der Waals surface area (Å²) in [5, 5.41) is 5.10. The quantitative estimate of drug-likeness (QED) is 0.929. The number of benzene rings is 2. The summed E-state index contributed by atoms with van der Waals surface area (Å²) in [6.45, 7) is 2.76. The van der Waals surface area contributed by atoms with Crippen LogP contribution in [0.1, 0.15) is 18.0 Å². The fourth-order valence-electron chi connectivity index (χ4n) is 3.19. The van der Waals surface area contributed by atoms with Gasteiger partial charge in [-0.1, -0.05) is 42.5 Å². The molecule has 2 aromatic rings. The van der Waals surface area contributed by atoms with Crippen molar-refractivity contribution in [3.63, 3.8) is 0 Å². The van der Waals surface area contributed by atoms with Crippen LogP contribution >= 0.6 is 0 Å². The molecular weight excluding hydrogens is 289 g/mol. The van der Waals surface area contributed by atoms with Crippen LogP contribution in [0.25, 0.3) is 10.8 Å². The van der Waals surface area contributed by atoms with Gasteiger partial charge in [0, 0.05) is 32.2 Å². The molecule has 0 radical (unpaired) electrons. The van der Waals surface area contributed by atoms with Crippen LogP contribution in [0.4, 0.5) is 13.2 Å². The minimum Gasteiger partial charge on any atom is -0.314 e. The van der Waals surface area contributed by atoms with Gasteiger partial charge in [-0.2, -0.15) is 13.2 Å². The van der Waals surface area contributed by atoms with Gasteiger partial charge in [-0.15, -0.1) is 0 Å². The van der Waals surface area contributed by atoms with E-state index < -0.39 is 18.6 Å². The van der Waals surface area contributed by atoms with Crippen molar-refractivity contribution in [3.05, 3.63) is 48.0 Å². The molecule has 22 heavy (non-hydrogen) atoms. The zero-order valence-electron chi connectivity index (χ0n) is 12.2. The first-order valence-electron chi connectivity index (χ1n) is 7.54. The lowest BCUT2D eigenvalue weighted by molar-refractivity contribution is -0.148. The first kappa shape index (κ1) is 15.3. The van der Waals surface area contributed by atoms with E-state index in [4.69, 9.17) is 0 Å². The Labute approximate surface area is 127 Å². The van der Waals surface area contributed by atoms with Crippen LogP contribution in [0.15, 0.2) is 42.5 Å². The van der Waals surface area contributed by atoms with E-state index in [2.05, 4.69) is 5.32 Å². The molecule has 0 aliphatic carbocycles. The standard InChI is InChI=1S/C17H19F3N2/c18-17(19,20)12-16(22-10-8-21-9-11-22)15-7-3-5-13-4-1-2-6-14(13)15/h1-7,16,21H,8-12H2/t16-/m0/s1. The van der Waals surface area contributed by atoms with Crippen molar-refractivity contribution in [2.24, 2.45) is 0 Å². The first-order valence-corrected chi connectivity index (χ1v) is 7.54. The summed E-state index contributed by atoms with van der Waals surface area (Å²) in [4.78, 5) is 1.95. The van der Waals surface area contributed by atoms with Gasteiger partial charge in [-0.25, -0.2) is 0 Å². The Hall–Kier alpha value is -1.59. The topological polar surface area (TPSA) is 15.3 Å². The van der Waals surface area contributed by atoms with Gasteiger partial charge in [0.05, 0.1) is 6.42 Å². The Morgan fingerprint density at radius 1 is 1.00 bits per heavy atom. The lowest BCUT2D eigenvalue weighted by Gasteiger charge is -2.36. The maximum absolute atomic E-state index is 13.1. The van der Waals surface area contributed by atoms with Crippen LogP contribution in [-0.4, -0.2) is 37.3 Å². The molecule has 0 bridgehead atoms. The van der Waals surface area contributed by atoms with E-state index in [1.165, 1.54) is 0 Å². The van der Waals surface area contributed by atoms with Gasteiger partial charge in [0.25, 0.3) is 0 Å². The van der Waals surface area contributed by atoms with Gasteiger partial charge in [0.2, 0.25) is 0 Å². The maximum atomic E-state index is 13.1. The molecule has 1 fully saturated rings. The van der Waals surface area contributed by atoms with Crippen molar-refractivity contribution in [2.75, 3.05) is 26.2 Å². The average molecular weight is 308 g/mol. The highest BCUT2D eigenvalue weighted by atomic mass is 19.4. The van der Waals surface area contributed by atoms with Crippen LogP contribution in [-0.2, 0) is 0 Å². The molecule has 5 heteroatoms. The molecule has 1 aliphatic heterocycles. The van der Waals surface area contributed by atoms with Crippen LogP contribution in [0, 0.1) is 0 Å². The molecule has 1 heterocycles. The fourth-order valence-corrected chi connectivity index (χ4v) is 3.19. The molecule has 0 amide bonds. The van der Waals surface area contributed by atoms with Gasteiger partial charge in [-0.3, -0.25) is 4.90 Å². The second-order valence-electron chi connectivity index (χ2n) is 5.69. The summed E-state index contributed by atoms with van der Waals surface area (Å²) in [7, 11) is 0. The van der Waals surface area contributed by atoms with Gasteiger partial charge >= 0.3 is 6.18 Å². The zero-order valence-corrected chi connectivity index (χ0v) is 12.2. The molecule has 1 N–H and O–H groups in total. The van der Waals surface area contributed by atoms with Gasteiger partial charge in [0.15, 0.2) is 0 Å². The Morgan fingerprint density at radius 2 is 1.68 bits per heavy atom. The molecule has 118 valence electrons. The molecule has 3 rings (SSSR count). The summed E-state index contributed by atoms with van der Waals surface area (Å²) < 4.78 is 39.3. The highest BCUT2D eigenvalue weighted by Crippen LogP contribution is 2.37. The normalized spacial score (nSPS) is 18.5. The van der Waals surface area contributed by atoms with Gasteiger partial charge in [-0.05, 0) is 16.3 Å². The summed E-state index contributed by atoms with van der Waals surface area (Å²) in [6, 6.07) is 12.7. The molecule has 0 saturated carbocycles. The van der Waals surface area contributed by atoms with Crippen LogP contribution in [0.2, 0.25) is 0 Å². The largest absolute Gasteiger partial charge is 0.390 e. The maximum Gasteiger partial charge on any atom is 0.390 e. The third-order valence-electron chi connectivity index (χ3n) is 4.20. The highest BCUT2D eigenvalue weighted by molar-refractivity contribution is 5.86. The SMILES string of the molecule is FC(F)(F)C[C@@H](c1cccc2ccccc12)N1CCNCC1. The molecule has 2 aromatic carbocycles. The minimum absolute atomic E-state index is 0.617. The van der Waals surface area contributed by atoms with Crippen LogP contribution in [0.3, 0.4) is 0 Å². The molecule has 1 atom stereocenters. The van der Waals surface area contributed by atoms with Crippen molar-refractivity contribution in [1.29, 1.82) is 0 Å². The van der Waals surface area contributed by atoms with E-state index in [-0.39, 0.29) is 0 Å². The smallest absolute Gasteiger partial charge is 0.314 e. The van der Waals surface area contributed by atoms with E-state index in [1.807, 2.05) is 47.4 Å². The number of hydrogen-bond acceptors (Lipinski definition) is 2. The van der Waals surface area contributed by atoms with E-state index in [1.54, 1.807) is 0 Å². The lowest BCUT2D eigenvalue weighted by atomic mass is 9.95. The molecule has 1 aliphatic rings. The fraction of sp³-hybridized carbons (Fsp3) is 0.412. The van der Waals surface area contributed by atoms with E-state index in [0.717, 1.165) is 29.4 Å². The Bertz CT molecular complexity index is 628. The predicted molar refractivity (Wildman–Crippen MR) is 81.8 cm³/mol. The van der Waals surface area contributed by atoms with Crippen molar-refractivity contribution < 1.29 is 13.2 Å². The number of piperazine rings is 1. The van der Waals surface area contributed by atoms with Gasteiger partial charge < -0.3 is 5.32 Å². The number of alkyl halides is 3. The van der Waals surface area contributed by atoms with E-state index in [9.17, 15) is 13.2 Å². The summed E-state index contributed by atoms with van der Waals surface area (Å²) >= 11 is 0. The second kappa shape index (κ2) is 6.26.